The van der Waals surface area contributed by atoms with Crippen LogP contribution in [0.25, 0.3) is 0 Å². The largest absolute Gasteiger partial charge is 0.462 e. The number of hydrogen-bond acceptors (Lipinski definition) is 5. The van der Waals surface area contributed by atoms with E-state index in [0.29, 0.717) is 36.5 Å². The fourth-order valence-corrected chi connectivity index (χ4v) is 4.71. The summed E-state index contributed by atoms with van der Waals surface area (Å²) < 4.78 is 13.0. The number of esters is 1. The van der Waals surface area contributed by atoms with Crippen molar-refractivity contribution in [1.29, 1.82) is 0 Å². The van der Waals surface area contributed by atoms with Gasteiger partial charge in [0.05, 0.1) is 29.1 Å². The number of halogens is 1. The summed E-state index contributed by atoms with van der Waals surface area (Å²) in [6.45, 7) is 6.86. The molecule has 32 heavy (non-hydrogen) atoms. The van der Waals surface area contributed by atoms with Crippen LogP contribution >= 0.6 is 11.6 Å². The third-order valence-electron chi connectivity index (χ3n) is 6.55. The summed E-state index contributed by atoms with van der Waals surface area (Å²) in [5, 5.41) is 8.50. The van der Waals surface area contributed by atoms with Crippen LogP contribution in [-0.4, -0.2) is 48.0 Å². The van der Waals surface area contributed by atoms with Crippen LogP contribution in [0.3, 0.4) is 0 Å². The molecule has 1 N–H and O–H groups in total. The maximum atomic E-state index is 12.9. The van der Waals surface area contributed by atoms with Gasteiger partial charge in [0.2, 0.25) is 0 Å². The molecule has 7 nitrogen and oxygen atoms in total. The number of benzene rings is 1. The molecule has 0 aliphatic carbocycles. The van der Waals surface area contributed by atoms with Crippen LogP contribution in [0.4, 0.5) is 0 Å². The van der Waals surface area contributed by atoms with Crippen molar-refractivity contribution in [2.75, 3.05) is 26.4 Å². The van der Waals surface area contributed by atoms with Gasteiger partial charge >= 0.3 is 5.97 Å². The quantitative estimate of drug-likeness (QED) is 0.525. The Kier molecular flexibility index (Phi) is 6.86. The molecule has 1 spiro atoms. The standard InChI is InChI=1S/C24H30ClN3O4/c1-3-19-21-20(14-24(15-26-22(21)29)7-11-31-12-8-24)28(27-19)9-4-10-32-23(30)17-5-6-18(25)16(2)13-17/h5-6,13H,3-4,7-12,14-15H2,1-2H3,(H,26,29). The van der Waals surface area contributed by atoms with Crippen molar-refractivity contribution in [3.05, 3.63) is 51.3 Å². The summed E-state index contributed by atoms with van der Waals surface area (Å²) in [6.07, 6.45) is 3.98. The Hall–Kier alpha value is -2.38. The predicted octanol–water partition coefficient (Wildman–Crippen LogP) is 3.74. The first-order valence-electron chi connectivity index (χ1n) is 11.3. The summed E-state index contributed by atoms with van der Waals surface area (Å²) in [6, 6.07) is 5.11. The first kappa shape index (κ1) is 22.8. The molecule has 172 valence electrons. The van der Waals surface area contributed by atoms with Gasteiger partial charge in [0.1, 0.15) is 0 Å². The maximum absolute atomic E-state index is 12.9. The first-order chi connectivity index (χ1) is 15.4. The van der Waals surface area contributed by atoms with Crippen LogP contribution in [0.1, 0.15) is 63.9 Å². The molecule has 3 heterocycles. The monoisotopic (exact) mass is 459 g/mol. The van der Waals surface area contributed by atoms with E-state index in [4.69, 9.17) is 26.2 Å². The number of ether oxygens (including phenoxy) is 2. The molecule has 0 unspecified atom stereocenters. The number of hydrogen-bond donors (Lipinski definition) is 1. The van der Waals surface area contributed by atoms with Gasteiger partial charge in [-0.3, -0.25) is 9.48 Å². The zero-order valence-electron chi connectivity index (χ0n) is 18.7. The second-order valence-corrected chi connectivity index (χ2v) is 9.18. The fraction of sp³-hybridized carbons (Fsp3) is 0.542. The number of fused-ring (bicyclic) bond motifs is 1. The molecule has 0 atom stereocenters. The van der Waals surface area contributed by atoms with E-state index in [9.17, 15) is 9.59 Å². The van der Waals surface area contributed by atoms with Crippen LogP contribution in [-0.2, 0) is 28.9 Å². The molecule has 1 aromatic heterocycles. The van der Waals surface area contributed by atoms with Crippen LogP contribution < -0.4 is 5.32 Å². The zero-order valence-corrected chi connectivity index (χ0v) is 19.5. The highest BCUT2D eigenvalue weighted by atomic mass is 35.5. The third-order valence-corrected chi connectivity index (χ3v) is 6.98. The minimum Gasteiger partial charge on any atom is -0.462 e. The Labute approximate surface area is 193 Å². The Morgan fingerprint density at radius 2 is 2.12 bits per heavy atom. The van der Waals surface area contributed by atoms with E-state index >= 15 is 0 Å². The van der Waals surface area contributed by atoms with Crippen LogP contribution in [0, 0.1) is 12.3 Å². The number of carbonyl (C=O) groups excluding carboxylic acids is 2. The SMILES string of the molecule is CCc1nn(CCCOC(=O)c2ccc(Cl)c(C)c2)c2c1C(=O)NCC1(CCOCC1)C2. The number of carbonyl (C=O) groups is 2. The second-order valence-electron chi connectivity index (χ2n) is 8.77. The minimum atomic E-state index is -0.362. The van der Waals surface area contributed by atoms with Gasteiger partial charge < -0.3 is 14.8 Å². The summed E-state index contributed by atoms with van der Waals surface area (Å²) in [4.78, 5) is 25.2. The number of aryl methyl sites for hydroxylation is 3. The molecule has 8 heteroatoms. The number of rotatable bonds is 6. The van der Waals surface area contributed by atoms with Gasteiger partial charge in [-0.25, -0.2) is 4.79 Å². The minimum absolute atomic E-state index is 0.0147. The van der Waals surface area contributed by atoms with E-state index in [0.717, 1.165) is 55.0 Å². The molecule has 0 radical (unpaired) electrons. The number of aromatic nitrogens is 2. The van der Waals surface area contributed by atoms with E-state index in [2.05, 4.69) is 5.32 Å². The average molecular weight is 460 g/mol. The van der Waals surface area contributed by atoms with Crippen molar-refractivity contribution < 1.29 is 19.1 Å². The normalized spacial score (nSPS) is 17.5. The predicted molar refractivity (Wildman–Crippen MR) is 121 cm³/mol. The van der Waals surface area contributed by atoms with Crippen LogP contribution in [0.2, 0.25) is 5.02 Å². The first-order valence-corrected chi connectivity index (χ1v) is 11.7. The lowest BCUT2D eigenvalue weighted by Gasteiger charge is -2.36. The van der Waals surface area contributed by atoms with Gasteiger partial charge in [0, 0.05) is 37.7 Å². The lowest BCUT2D eigenvalue weighted by Crippen LogP contribution is -2.40. The summed E-state index contributed by atoms with van der Waals surface area (Å²) >= 11 is 6.03. The van der Waals surface area contributed by atoms with Crippen molar-refractivity contribution in [3.63, 3.8) is 0 Å². The van der Waals surface area contributed by atoms with Crippen molar-refractivity contribution >= 4 is 23.5 Å². The molecule has 2 aliphatic heterocycles. The molecular weight excluding hydrogens is 430 g/mol. The second kappa shape index (κ2) is 9.63. The van der Waals surface area contributed by atoms with Gasteiger partial charge in [0.25, 0.3) is 5.91 Å². The van der Waals surface area contributed by atoms with E-state index in [1.165, 1.54) is 0 Å². The van der Waals surface area contributed by atoms with Crippen molar-refractivity contribution in [3.8, 4) is 0 Å². The summed E-state index contributed by atoms with van der Waals surface area (Å²) in [5.74, 6) is -0.394. The van der Waals surface area contributed by atoms with Crippen molar-refractivity contribution in [2.45, 2.75) is 52.5 Å². The molecule has 1 fully saturated rings. The Balaban J connectivity index is 1.44. The van der Waals surface area contributed by atoms with E-state index in [1.54, 1.807) is 18.2 Å². The van der Waals surface area contributed by atoms with E-state index in [-0.39, 0.29) is 23.9 Å². The molecule has 4 rings (SSSR count). The third kappa shape index (κ3) is 4.69. The zero-order chi connectivity index (χ0) is 22.7. The van der Waals surface area contributed by atoms with Crippen molar-refractivity contribution in [1.82, 2.24) is 15.1 Å². The molecule has 1 aromatic carbocycles. The summed E-state index contributed by atoms with van der Waals surface area (Å²) in [5.41, 5.74) is 3.90. The van der Waals surface area contributed by atoms with E-state index < -0.39 is 0 Å². The van der Waals surface area contributed by atoms with Crippen molar-refractivity contribution in [2.24, 2.45) is 5.41 Å². The van der Waals surface area contributed by atoms with Gasteiger partial charge in [-0.2, -0.15) is 5.10 Å². The Morgan fingerprint density at radius 1 is 1.34 bits per heavy atom. The smallest absolute Gasteiger partial charge is 0.338 e. The molecular formula is C24H30ClN3O4. The molecule has 1 amide bonds. The Morgan fingerprint density at radius 3 is 2.84 bits per heavy atom. The van der Waals surface area contributed by atoms with Gasteiger partial charge in [0.15, 0.2) is 0 Å². The Bertz CT molecular complexity index is 1010. The summed E-state index contributed by atoms with van der Waals surface area (Å²) in [7, 11) is 0. The molecule has 2 aliphatic rings. The maximum Gasteiger partial charge on any atom is 0.338 e. The van der Waals surface area contributed by atoms with Gasteiger partial charge in [-0.15, -0.1) is 0 Å². The number of amides is 1. The average Bonchev–Trinajstić information content (AvgIpc) is 3.07. The fourth-order valence-electron chi connectivity index (χ4n) is 4.59. The highest BCUT2D eigenvalue weighted by Crippen LogP contribution is 2.37. The molecule has 1 saturated heterocycles. The lowest BCUT2D eigenvalue weighted by atomic mass is 9.76. The number of nitrogens with one attached hydrogen (secondary N) is 1. The highest BCUT2D eigenvalue weighted by molar-refractivity contribution is 6.31. The number of nitrogens with zero attached hydrogens (tertiary/aromatic N) is 2. The lowest BCUT2D eigenvalue weighted by molar-refractivity contribution is 0.0152. The molecule has 0 bridgehead atoms. The van der Waals surface area contributed by atoms with Crippen LogP contribution in [0.15, 0.2) is 18.2 Å². The van der Waals surface area contributed by atoms with Gasteiger partial charge in [-0.05, 0) is 61.8 Å². The molecule has 0 saturated carbocycles. The molecule has 2 aromatic rings. The van der Waals surface area contributed by atoms with E-state index in [1.807, 2.05) is 18.5 Å². The van der Waals surface area contributed by atoms with Crippen LogP contribution in [0.5, 0.6) is 0 Å². The topological polar surface area (TPSA) is 82.5 Å². The van der Waals surface area contributed by atoms with Gasteiger partial charge in [-0.1, -0.05) is 18.5 Å². The highest BCUT2D eigenvalue weighted by Gasteiger charge is 2.39.